The van der Waals surface area contributed by atoms with Crippen LogP contribution in [0.5, 0.6) is 5.75 Å². The summed E-state index contributed by atoms with van der Waals surface area (Å²) in [6.45, 7) is 7.66. The molecule has 6 heteroatoms. The van der Waals surface area contributed by atoms with Gasteiger partial charge < -0.3 is 24.4 Å². The second-order valence-electron chi connectivity index (χ2n) is 7.99. The highest BCUT2D eigenvalue weighted by Crippen LogP contribution is 2.17. The summed E-state index contributed by atoms with van der Waals surface area (Å²) in [4.78, 5) is 7.22. The maximum Gasteiger partial charge on any atom is 0.194 e. The Labute approximate surface area is 192 Å². The van der Waals surface area contributed by atoms with E-state index in [1.165, 1.54) is 11.1 Å². The molecule has 2 aromatic carbocycles. The van der Waals surface area contributed by atoms with Gasteiger partial charge in [0.2, 0.25) is 0 Å². The minimum Gasteiger partial charge on any atom is -0.489 e. The number of guanidine groups is 1. The number of likely N-dealkylation sites (tertiary alicyclic amines) is 1. The maximum absolute atomic E-state index is 5.98. The van der Waals surface area contributed by atoms with Crippen molar-refractivity contribution < 1.29 is 14.2 Å². The summed E-state index contributed by atoms with van der Waals surface area (Å²) in [5.41, 5.74) is 2.34. The van der Waals surface area contributed by atoms with Crippen molar-refractivity contribution in [3.8, 4) is 5.75 Å². The van der Waals surface area contributed by atoms with Gasteiger partial charge in [-0.15, -0.1) is 0 Å². The second kappa shape index (κ2) is 13.8. The molecule has 3 rings (SSSR count). The maximum atomic E-state index is 5.98. The van der Waals surface area contributed by atoms with Crippen LogP contribution in [0.4, 0.5) is 0 Å². The number of aliphatic imine (C=N–C) groups is 1. The predicted octanol–water partition coefficient (Wildman–Crippen LogP) is 4.25. The Morgan fingerprint density at radius 3 is 2.44 bits per heavy atom. The normalized spacial score (nSPS) is 15.1. The lowest BCUT2D eigenvalue weighted by atomic mass is 10.1. The van der Waals surface area contributed by atoms with Crippen LogP contribution in [0.2, 0.25) is 0 Å². The first-order chi connectivity index (χ1) is 15.8. The molecule has 0 aromatic heterocycles. The van der Waals surface area contributed by atoms with E-state index in [1.54, 1.807) is 7.11 Å². The highest BCUT2D eigenvalue weighted by Gasteiger charge is 2.21. The van der Waals surface area contributed by atoms with E-state index < -0.39 is 0 Å². The Morgan fingerprint density at radius 2 is 1.75 bits per heavy atom. The Bertz CT molecular complexity index is 788. The lowest BCUT2D eigenvalue weighted by molar-refractivity contribution is 0.00990. The molecule has 2 aromatic rings. The van der Waals surface area contributed by atoms with Crippen LogP contribution in [-0.4, -0.2) is 56.9 Å². The van der Waals surface area contributed by atoms with Gasteiger partial charge in [0, 0.05) is 40.0 Å². The van der Waals surface area contributed by atoms with Crippen LogP contribution >= 0.6 is 0 Å². The van der Waals surface area contributed by atoms with Crippen molar-refractivity contribution >= 4 is 5.96 Å². The molecule has 6 nitrogen and oxygen atoms in total. The Hall–Kier alpha value is -2.57. The fraction of sp³-hybridized carbons (Fsp3) is 0.500. The first-order valence-corrected chi connectivity index (χ1v) is 11.7. The van der Waals surface area contributed by atoms with Crippen molar-refractivity contribution in [1.29, 1.82) is 0 Å². The molecule has 0 spiro atoms. The lowest BCUT2D eigenvalue weighted by Gasteiger charge is -2.34. The van der Waals surface area contributed by atoms with Crippen LogP contribution in [0.1, 0.15) is 37.3 Å². The quantitative estimate of drug-likeness (QED) is 0.322. The van der Waals surface area contributed by atoms with Crippen LogP contribution < -0.4 is 10.1 Å². The first-order valence-electron chi connectivity index (χ1n) is 11.7. The van der Waals surface area contributed by atoms with Crippen molar-refractivity contribution in [3.63, 3.8) is 0 Å². The number of rotatable bonds is 11. The zero-order valence-corrected chi connectivity index (χ0v) is 19.5. The van der Waals surface area contributed by atoms with Crippen LogP contribution in [0.3, 0.4) is 0 Å². The second-order valence-corrected chi connectivity index (χ2v) is 7.99. The number of benzene rings is 2. The molecule has 0 amide bonds. The topological polar surface area (TPSA) is 55.3 Å². The van der Waals surface area contributed by atoms with Crippen LogP contribution in [0.15, 0.2) is 59.6 Å². The first kappa shape index (κ1) is 24.1. The number of piperidine rings is 1. The summed E-state index contributed by atoms with van der Waals surface area (Å²) < 4.78 is 17.0. The number of ether oxygens (including phenoxy) is 3. The van der Waals surface area contributed by atoms with Crippen molar-refractivity contribution in [2.24, 2.45) is 4.99 Å². The molecule has 1 N–H and O–H groups in total. The third-order valence-corrected chi connectivity index (χ3v) is 5.51. The van der Waals surface area contributed by atoms with Gasteiger partial charge in [0.15, 0.2) is 5.96 Å². The van der Waals surface area contributed by atoms with E-state index in [-0.39, 0.29) is 0 Å². The summed E-state index contributed by atoms with van der Waals surface area (Å²) in [6, 6.07) is 18.4. The Balaban J connectivity index is 1.46. The largest absolute Gasteiger partial charge is 0.489 e. The smallest absolute Gasteiger partial charge is 0.194 e. The number of hydrogen-bond donors (Lipinski definition) is 1. The number of methoxy groups -OCH3 is 1. The molecule has 1 aliphatic heterocycles. The van der Waals surface area contributed by atoms with E-state index in [0.29, 0.717) is 19.3 Å². The summed E-state index contributed by atoms with van der Waals surface area (Å²) in [5.74, 6) is 1.86. The molecule has 0 radical (unpaired) electrons. The highest BCUT2D eigenvalue weighted by atomic mass is 16.5. The highest BCUT2D eigenvalue weighted by molar-refractivity contribution is 5.80. The summed E-state index contributed by atoms with van der Waals surface area (Å²) in [5, 5.41) is 3.44. The Kier molecular flexibility index (Phi) is 10.4. The van der Waals surface area contributed by atoms with Crippen LogP contribution in [-0.2, 0) is 22.6 Å². The molecule has 0 saturated carbocycles. The van der Waals surface area contributed by atoms with E-state index in [4.69, 9.17) is 19.2 Å². The molecule has 0 unspecified atom stereocenters. The van der Waals surface area contributed by atoms with Gasteiger partial charge in [-0.3, -0.25) is 0 Å². The molecule has 1 saturated heterocycles. The Morgan fingerprint density at radius 1 is 1.00 bits per heavy atom. The van der Waals surface area contributed by atoms with Gasteiger partial charge in [0.1, 0.15) is 12.4 Å². The zero-order valence-electron chi connectivity index (χ0n) is 19.5. The number of nitrogens with zero attached hydrogens (tertiary/aromatic N) is 2. The lowest BCUT2D eigenvalue weighted by Crippen LogP contribution is -2.47. The predicted molar refractivity (Wildman–Crippen MR) is 129 cm³/mol. The third kappa shape index (κ3) is 8.17. The fourth-order valence-electron chi connectivity index (χ4n) is 3.71. The third-order valence-electron chi connectivity index (χ3n) is 5.51. The van der Waals surface area contributed by atoms with Crippen molar-refractivity contribution in [2.75, 3.05) is 40.0 Å². The standard InChI is InChI=1S/C26H37N3O3/c1-3-27-26(29-16-14-25(15-17-29)31-19-7-18-30-2)28-20-22-10-12-24(13-11-22)32-21-23-8-5-4-6-9-23/h4-6,8-13,25H,3,7,14-21H2,1-2H3,(H,27,28). The number of nitrogens with one attached hydrogen (secondary N) is 1. The zero-order chi connectivity index (χ0) is 22.4. The molecule has 0 atom stereocenters. The summed E-state index contributed by atoms with van der Waals surface area (Å²) >= 11 is 0. The van der Waals surface area contributed by atoms with Gasteiger partial charge in [-0.25, -0.2) is 4.99 Å². The van der Waals surface area contributed by atoms with E-state index in [0.717, 1.165) is 63.8 Å². The van der Waals surface area contributed by atoms with E-state index in [1.807, 2.05) is 30.3 Å². The summed E-state index contributed by atoms with van der Waals surface area (Å²) in [7, 11) is 1.73. The number of hydrogen-bond acceptors (Lipinski definition) is 4. The van der Waals surface area contributed by atoms with Gasteiger partial charge in [-0.2, -0.15) is 0 Å². The molecule has 32 heavy (non-hydrogen) atoms. The van der Waals surface area contributed by atoms with Crippen LogP contribution in [0.25, 0.3) is 0 Å². The van der Waals surface area contributed by atoms with E-state index in [2.05, 4.69) is 41.4 Å². The van der Waals surface area contributed by atoms with Gasteiger partial charge in [-0.05, 0) is 49.4 Å². The van der Waals surface area contributed by atoms with Gasteiger partial charge in [0.25, 0.3) is 0 Å². The molecular weight excluding hydrogens is 402 g/mol. The SMILES string of the molecule is CCNC(=NCc1ccc(OCc2ccccc2)cc1)N1CCC(OCCCOC)CC1. The molecule has 174 valence electrons. The van der Waals surface area contributed by atoms with Gasteiger partial charge >= 0.3 is 0 Å². The van der Waals surface area contributed by atoms with Crippen LogP contribution in [0, 0.1) is 0 Å². The summed E-state index contributed by atoms with van der Waals surface area (Å²) in [6.07, 6.45) is 3.36. The molecule has 0 bridgehead atoms. The van der Waals surface area contributed by atoms with Gasteiger partial charge in [-0.1, -0.05) is 42.5 Å². The molecule has 1 aliphatic rings. The monoisotopic (exact) mass is 439 g/mol. The molecule has 0 aliphatic carbocycles. The fourth-order valence-corrected chi connectivity index (χ4v) is 3.71. The van der Waals surface area contributed by atoms with Gasteiger partial charge in [0.05, 0.1) is 12.6 Å². The average Bonchev–Trinajstić information content (AvgIpc) is 2.85. The average molecular weight is 440 g/mol. The van der Waals surface area contributed by atoms with E-state index >= 15 is 0 Å². The minimum absolute atomic E-state index is 0.342. The molecular formula is C26H37N3O3. The molecule has 1 heterocycles. The van der Waals surface area contributed by atoms with Crippen molar-refractivity contribution in [2.45, 2.75) is 45.4 Å². The van der Waals surface area contributed by atoms with E-state index in [9.17, 15) is 0 Å². The van der Waals surface area contributed by atoms with Crippen molar-refractivity contribution in [3.05, 3.63) is 65.7 Å². The van der Waals surface area contributed by atoms with Crippen molar-refractivity contribution in [1.82, 2.24) is 10.2 Å². The minimum atomic E-state index is 0.342. The molecule has 1 fully saturated rings.